The fourth-order valence-electron chi connectivity index (χ4n) is 4.92. The highest BCUT2D eigenvalue weighted by atomic mass is 35.5. The van der Waals surface area contributed by atoms with Crippen molar-refractivity contribution in [1.82, 2.24) is 10.2 Å². The molecule has 0 bridgehead atoms. The molecule has 4 rings (SSSR count). The number of carbonyl (C=O) groups is 2. The molecule has 4 aromatic rings. The topological polar surface area (TPSA) is 86.8 Å². The van der Waals surface area contributed by atoms with E-state index in [1.54, 1.807) is 56.3 Å². The molecule has 0 spiro atoms. The third kappa shape index (κ3) is 7.80. The highest BCUT2D eigenvalue weighted by Crippen LogP contribution is 2.30. The zero-order chi connectivity index (χ0) is 31.9. The molecule has 7 nitrogen and oxygen atoms in total. The summed E-state index contributed by atoms with van der Waals surface area (Å²) in [5.41, 5.74) is 3.16. The number of nitrogens with one attached hydrogen (secondary N) is 1. The molecule has 0 aliphatic carbocycles. The van der Waals surface area contributed by atoms with Crippen LogP contribution in [-0.4, -0.2) is 44.3 Å². The Bertz CT molecular complexity index is 1700. The lowest BCUT2D eigenvalue weighted by molar-refractivity contribution is -0.140. The van der Waals surface area contributed by atoms with Gasteiger partial charge in [-0.3, -0.25) is 13.9 Å². The number of amides is 2. The van der Waals surface area contributed by atoms with Gasteiger partial charge in [0, 0.05) is 35.1 Å². The van der Waals surface area contributed by atoms with E-state index in [0.717, 1.165) is 15.4 Å². The van der Waals surface area contributed by atoms with Gasteiger partial charge in [0.15, 0.2) is 0 Å². The lowest BCUT2D eigenvalue weighted by Gasteiger charge is -2.34. The van der Waals surface area contributed by atoms with Crippen molar-refractivity contribution in [3.63, 3.8) is 0 Å². The van der Waals surface area contributed by atoms with E-state index >= 15 is 0 Å². The Balaban J connectivity index is 1.85. The molecule has 0 aliphatic heterocycles. The normalized spacial score (nSPS) is 11.9. The smallest absolute Gasteiger partial charge is 0.264 e. The Morgan fingerprint density at radius 2 is 1.45 bits per heavy atom. The first-order valence-corrected chi connectivity index (χ1v) is 16.4. The van der Waals surface area contributed by atoms with Crippen LogP contribution in [0.1, 0.15) is 29.2 Å². The molecular formula is C34H35Cl2N3O4S. The molecule has 0 unspecified atom stereocenters. The van der Waals surface area contributed by atoms with Crippen LogP contribution in [0, 0.1) is 13.8 Å². The molecule has 2 amide bonds. The molecule has 4 aromatic carbocycles. The second-order valence-corrected chi connectivity index (χ2v) is 13.1. The number of nitrogens with zero attached hydrogens (tertiary/aromatic N) is 2. The molecule has 10 heteroatoms. The molecule has 44 heavy (non-hydrogen) atoms. The highest BCUT2D eigenvalue weighted by Gasteiger charge is 2.35. The molecule has 0 heterocycles. The molecule has 1 atom stereocenters. The third-order valence-corrected chi connectivity index (χ3v) is 9.74. The van der Waals surface area contributed by atoms with Gasteiger partial charge in [0.1, 0.15) is 12.6 Å². The van der Waals surface area contributed by atoms with Crippen molar-refractivity contribution >= 4 is 50.7 Å². The van der Waals surface area contributed by atoms with Gasteiger partial charge in [-0.2, -0.15) is 0 Å². The third-order valence-electron chi connectivity index (χ3n) is 7.26. The van der Waals surface area contributed by atoms with E-state index in [4.69, 9.17) is 23.2 Å². The molecule has 0 aromatic heterocycles. The molecule has 0 saturated carbocycles. The van der Waals surface area contributed by atoms with E-state index in [1.165, 1.54) is 17.0 Å². The van der Waals surface area contributed by atoms with Crippen LogP contribution in [0.5, 0.6) is 0 Å². The minimum absolute atomic E-state index is 0.0407. The number of anilines is 1. The predicted octanol–water partition coefficient (Wildman–Crippen LogP) is 6.58. The Kier molecular flexibility index (Phi) is 11.1. The van der Waals surface area contributed by atoms with Crippen molar-refractivity contribution in [2.75, 3.05) is 17.4 Å². The SMILES string of the molecule is CCNC(=O)[C@@H](Cc1ccccc1)N(Cc1c(Cl)cccc1Cl)C(=O)CN(c1cc(C)ccc1C)S(=O)(=O)c1ccccc1. The number of likely N-dealkylation sites (N-methyl/N-ethyl adjacent to an activating group) is 1. The summed E-state index contributed by atoms with van der Waals surface area (Å²) in [6.45, 7) is 5.11. The van der Waals surface area contributed by atoms with Gasteiger partial charge in [-0.05, 0) is 67.8 Å². The Morgan fingerprint density at radius 1 is 0.841 bits per heavy atom. The van der Waals surface area contributed by atoms with Gasteiger partial charge >= 0.3 is 0 Å². The van der Waals surface area contributed by atoms with Crippen LogP contribution in [0.4, 0.5) is 5.69 Å². The number of hydrogen-bond acceptors (Lipinski definition) is 4. The highest BCUT2D eigenvalue weighted by molar-refractivity contribution is 7.92. The maximum Gasteiger partial charge on any atom is 0.264 e. The lowest BCUT2D eigenvalue weighted by Crippen LogP contribution is -2.53. The Morgan fingerprint density at radius 3 is 2.07 bits per heavy atom. The summed E-state index contributed by atoms with van der Waals surface area (Å²) in [7, 11) is -4.19. The molecule has 0 radical (unpaired) electrons. The average molecular weight is 653 g/mol. The van der Waals surface area contributed by atoms with E-state index in [0.29, 0.717) is 33.4 Å². The largest absolute Gasteiger partial charge is 0.355 e. The Hall–Kier alpha value is -3.85. The zero-order valence-corrected chi connectivity index (χ0v) is 27.2. The number of hydrogen-bond donors (Lipinski definition) is 1. The summed E-state index contributed by atoms with van der Waals surface area (Å²) in [6.07, 6.45) is 0.190. The van der Waals surface area contributed by atoms with Crippen LogP contribution in [0.15, 0.2) is 102 Å². The second-order valence-electron chi connectivity index (χ2n) is 10.4. The minimum atomic E-state index is -4.19. The maximum absolute atomic E-state index is 14.5. The van der Waals surface area contributed by atoms with Gasteiger partial charge < -0.3 is 10.2 Å². The van der Waals surface area contributed by atoms with Crippen LogP contribution in [0.2, 0.25) is 10.0 Å². The number of aryl methyl sites for hydroxylation is 2. The van der Waals surface area contributed by atoms with Crippen LogP contribution >= 0.6 is 23.2 Å². The van der Waals surface area contributed by atoms with Crippen LogP contribution in [-0.2, 0) is 32.6 Å². The monoisotopic (exact) mass is 651 g/mol. The summed E-state index contributed by atoms with van der Waals surface area (Å²) < 4.78 is 29.4. The van der Waals surface area contributed by atoms with Gasteiger partial charge in [0.2, 0.25) is 11.8 Å². The van der Waals surface area contributed by atoms with Crippen molar-refractivity contribution < 1.29 is 18.0 Å². The lowest BCUT2D eigenvalue weighted by atomic mass is 10.0. The minimum Gasteiger partial charge on any atom is -0.355 e. The standard InChI is InChI=1S/C34H35Cl2N3O4S/c1-4-37-34(41)32(21-26-12-7-5-8-13-26)38(22-28-29(35)16-11-17-30(28)36)33(40)23-39(31-20-24(2)18-19-25(31)3)44(42,43)27-14-9-6-10-15-27/h5-20,32H,4,21-23H2,1-3H3,(H,37,41)/t32-/m1/s1. The van der Waals surface area contributed by atoms with E-state index in [2.05, 4.69) is 5.32 Å². The molecule has 0 fully saturated rings. The van der Waals surface area contributed by atoms with Crippen molar-refractivity contribution in [2.24, 2.45) is 0 Å². The van der Waals surface area contributed by atoms with Crippen LogP contribution in [0.3, 0.4) is 0 Å². The first-order valence-electron chi connectivity index (χ1n) is 14.2. The summed E-state index contributed by atoms with van der Waals surface area (Å²) in [5, 5.41) is 3.50. The van der Waals surface area contributed by atoms with E-state index < -0.39 is 28.5 Å². The van der Waals surface area contributed by atoms with Gasteiger partial charge in [-0.25, -0.2) is 8.42 Å². The molecule has 230 valence electrons. The number of rotatable bonds is 12. The maximum atomic E-state index is 14.5. The summed E-state index contributed by atoms with van der Waals surface area (Å²) >= 11 is 13.1. The quantitative estimate of drug-likeness (QED) is 0.187. The predicted molar refractivity (Wildman–Crippen MR) is 177 cm³/mol. The Labute approximate surface area is 269 Å². The number of benzene rings is 4. The average Bonchev–Trinajstić information content (AvgIpc) is 3.01. The summed E-state index contributed by atoms with van der Waals surface area (Å²) in [6, 6.07) is 26.8. The van der Waals surface area contributed by atoms with Crippen LogP contribution < -0.4 is 9.62 Å². The van der Waals surface area contributed by atoms with E-state index in [-0.39, 0.29) is 23.8 Å². The summed E-state index contributed by atoms with van der Waals surface area (Å²) in [4.78, 5) is 29.6. The molecule has 0 aliphatic rings. The zero-order valence-electron chi connectivity index (χ0n) is 24.8. The number of halogens is 2. The fourth-order valence-corrected chi connectivity index (χ4v) is 6.93. The van der Waals surface area contributed by atoms with E-state index in [1.807, 2.05) is 49.4 Å². The van der Waals surface area contributed by atoms with Crippen LogP contribution in [0.25, 0.3) is 0 Å². The molecule has 1 N–H and O–H groups in total. The second kappa shape index (κ2) is 14.8. The van der Waals surface area contributed by atoms with Gasteiger partial charge in [-0.15, -0.1) is 0 Å². The van der Waals surface area contributed by atoms with Crippen molar-refractivity contribution in [3.8, 4) is 0 Å². The molecular weight excluding hydrogens is 617 g/mol. The summed E-state index contributed by atoms with van der Waals surface area (Å²) in [5.74, 6) is -0.967. The first-order chi connectivity index (χ1) is 21.0. The van der Waals surface area contributed by atoms with Gasteiger partial charge in [0.25, 0.3) is 10.0 Å². The van der Waals surface area contributed by atoms with Gasteiger partial charge in [-0.1, -0.05) is 89.9 Å². The van der Waals surface area contributed by atoms with Crippen molar-refractivity contribution in [2.45, 2.75) is 44.7 Å². The van der Waals surface area contributed by atoms with E-state index in [9.17, 15) is 18.0 Å². The fraction of sp³-hybridized carbons (Fsp3) is 0.235. The van der Waals surface area contributed by atoms with Crippen molar-refractivity contribution in [1.29, 1.82) is 0 Å². The number of sulfonamides is 1. The number of carbonyl (C=O) groups excluding carboxylic acids is 2. The molecule has 0 saturated heterocycles. The van der Waals surface area contributed by atoms with Crippen molar-refractivity contribution in [3.05, 3.63) is 129 Å². The van der Waals surface area contributed by atoms with Gasteiger partial charge in [0.05, 0.1) is 10.6 Å². The first kappa shape index (κ1) is 33.1.